The lowest BCUT2D eigenvalue weighted by Gasteiger charge is -2.19. The summed E-state index contributed by atoms with van der Waals surface area (Å²) in [7, 11) is 0. The van der Waals surface area contributed by atoms with Gasteiger partial charge in [0, 0.05) is 16.7 Å². The van der Waals surface area contributed by atoms with Crippen LogP contribution in [0, 0.1) is 5.82 Å². The first-order chi connectivity index (χ1) is 9.36. The molecule has 3 heteroatoms. The molecule has 0 heterocycles. The van der Waals surface area contributed by atoms with Gasteiger partial charge in [-0.15, -0.1) is 0 Å². The van der Waals surface area contributed by atoms with Gasteiger partial charge in [0.15, 0.2) is 0 Å². The second-order valence-electron chi connectivity index (χ2n) is 5.92. The molecule has 0 atom stereocenters. The molecule has 2 rings (SSSR count). The first-order valence-electron chi connectivity index (χ1n) is 6.64. The van der Waals surface area contributed by atoms with Crippen LogP contribution in [0.4, 0.5) is 10.1 Å². The Kier molecular flexibility index (Phi) is 4.48. The summed E-state index contributed by atoms with van der Waals surface area (Å²) in [6, 6.07) is 13.2. The smallest absolute Gasteiger partial charge is 0.124 e. The zero-order valence-corrected chi connectivity index (χ0v) is 13.6. The maximum atomic E-state index is 13.0. The van der Waals surface area contributed by atoms with Crippen molar-refractivity contribution < 1.29 is 4.39 Å². The van der Waals surface area contributed by atoms with Crippen LogP contribution in [0.15, 0.2) is 46.9 Å². The Morgan fingerprint density at radius 2 is 1.70 bits per heavy atom. The van der Waals surface area contributed by atoms with Crippen LogP contribution in [0.25, 0.3) is 0 Å². The van der Waals surface area contributed by atoms with Crippen LogP contribution in [0.5, 0.6) is 0 Å². The molecule has 0 saturated carbocycles. The van der Waals surface area contributed by atoms with E-state index in [4.69, 9.17) is 0 Å². The number of benzene rings is 2. The Morgan fingerprint density at radius 3 is 2.25 bits per heavy atom. The Hall–Kier alpha value is -1.35. The van der Waals surface area contributed by atoms with Gasteiger partial charge in [0.05, 0.1) is 0 Å². The second kappa shape index (κ2) is 5.96. The second-order valence-corrected chi connectivity index (χ2v) is 6.77. The van der Waals surface area contributed by atoms with Gasteiger partial charge in [-0.3, -0.25) is 0 Å². The van der Waals surface area contributed by atoms with Gasteiger partial charge in [-0.25, -0.2) is 4.39 Å². The SMILES string of the molecule is CC(C)(C)c1ccc(NCc2ccc(F)cc2Br)cc1. The third kappa shape index (κ3) is 3.83. The highest BCUT2D eigenvalue weighted by Crippen LogP contribution is 2.24. The molecule has 0 unspecified atom stereocenters. The highest BCUT2D eigenvalue weighted by molar-refractivity contribution is 9.10. The van der Waals surface area contributed by atoms with Crippen molar-refractivity contribution in [1.29, 1.82) is 0 Å². The minimum Gasteiger partial charge on any atom is -0.381 e. The number of halogens is 2. The largest absolute Gasteiger partial charge is 0.381 e. The van der Waals surface area contributed by atoms with Crippen LogP contribution in [-0.4, -0.2) is 0 Å². The Morgan fingerprint density at radius 1 is 1.05 bits per heavy atom. The lowest BCUT2D eigenvalue weighted by molar-refractivity contribution is 0.590. The maximum Gasteiger partial charge on any atom is 0.124 e. The monoisotopic (exact) mass is 335 g/mol. The molecule has 1 N–H and O–H groups in total. The Balaban J connectivity index is 2.04. The summed E-state index contributed by atoms with van der Waals surface area (Å²) in [5.41, 5.74) is 3.57. The molecule has 0 aliphatic rings. The summed E-state index contributed by atoms with van der Waals surface area (Å²) in [6.07, 6.45) is 0. The molecule has 2 aromatic carbocycles. The summed E-state index contributed by atoms with van der Waals surface area (Å²) < 4.78 is 13.8. The predicted octanol–water partition coefficient (Wildman–Crippen LogP) is 5.50. The first-order valence-corrected chi connectivity index (χ1v) is 7.44. The van der Waals surface area contributed by atoms with Gasteiger partial charge in [0.25, 0.3) is 0 Å². The number of hydrogen-bond acceptors (Lipinski definition) is 1. The van der Waals surface area contributed by atoms with Gasteiger partial charge in [-0.1, -0.05) is 54.9 Å². The zero-order chi connectivity index (χ0) is 14.8. The molecule has 106 valence electrons. The van der Waals surface area contributed by atoms with E-state index in [0.717, 1.165) is 15.7 Å². The van der Waals surface area contributed by atoms with E-state index >= 15 is 0 Å². The highest BCUT2D eigenvalue weighted by Gasteiger charge is 2.12. The van der Waals surface area contributed by atoms with Gasteiger partial charge < -0.3 is 5.32 Å². The lowest BCUT2D eigenvalue weighted by Crippen LogP contribution is -2.10. The Labute approximate surface area is 128 Å². The van der Waals surface area contributed by atoms with E-state index in [1.54, 1.807) is 6.07 Å². The van der Waals surface area contributed by atoms with Crippen molar-refractivity contribution in [2.45, 2.75) is 32.7 Å². The number of rotatable bonds is 3. The molecule has 1 nitrogen and oxygen atoms in total. The summed E-state index contributed by atoms with van der Waals surface area (Å²) in [6.45, 7) is 7.26. The van der Waals surface area contributed by atoms with Crippen molar-refractivity contribution in [3.63, 3.8) is 0 Å². The van der Waals surface area contributed by atoms with Crippen LogP contribution in [0.2, 0.25) is 0 Å². The van der Waals surface area contributed by atoms with Gasteiger partial charge in [-0.05, 0) is 40.8 Å². The number of hydrogen-bond donors (Lipinski definition) is 1. The third-order valence-corrected chi connectivity index (χ3v) is 3.99. The minimum atomic E-state index is -0.227. The topological polar surface area (TPSA) is 12.0 Å². The predicted molar refractivity (Wildman–Crippen MR) is 86.6 cm³/mol. The molecule has 0 saturated heterocycles. The van der Waals surface area contributed by atoms with E-state index in [-0.39, 0.29) is 11.2 Å². The fraction of sp³-hybridized carbons (Fsp3) is 0.294. The van der Waals surface area contributed by atoms with Gasteiger partial charge in [0.2, 0.25) is 0 Å². The van der Waals surface area contributed by atoms with Crippen molar-refractivity contribution >= 4 is 21.6 Å². The zero-order valence-electron chi connectivity index (χ0n) is 12.0. The van der Waals surface area contributed by atoms with Crippen LogP contribution in [0.3, 0.4) is 0 Å². The highest BCUT2D eigenvalue weighted by atomic mass is 79.9. The first kappa shape index (κ1) is 15.0. The standard InChI is InChI=1S/C17H19BrFN/c1-17(2,3)13-5-8-15(9-6-13)20-11-12-4-7-14(19)10-16(12)18/h4-10,20H,11H2,1-3H3. The molecular formula is C17H19BrFN. The van der Waals surface area contributed by atoms with Gasteiger partial charge >= 0.3 is 0 Å². The quantitative estimate of drug-likeness (QED) is 0.781. The molecule has 20 heavy (non-hydrogen) atoms. The van der Waals surface area contributed by atoms with E-state index < -0.39 is 0 Å². The average Bonchev–Trinajstić information content (AvgIpc) is 2.37. The van der Waals surface area contributed by atoms with Crippen molar-refractivity contribution in [2.24, 2.45) is 0 Å². The van der Waals surface area contributed by atoms with Crippen molar-refractivity contribution in [2.75, 3.05) is 5.32 Å². The Bertz CT molecular complexity index is 585. The summed E-state index contributed by atoms with van der Waals surface area (Å²) in [4.78, 5) is 0. The van der Waals surface area contributed by atoms with E-state index in [2.05, 4.69) is 66.3 Å². The molecule has 0 amide bonds. The van der Waals surface area contributed by atoms with Crippen LogP contribution >= 0.6 is 15.9 Å². The summed E-state index contributed by atoms with van der Waals surface area (Å²) in [5.74, 6) is -0.227. The fourth-order valence-electron chi connectivity index (χ4n) is 1.95. The van der Waals surface area contributed by atoms with Crippen molar-refractivity contribution in [1.82, 2.24) is 0 Å². The van der Waals surface area contributed by atoms with Crippen LogP contribution in [-0.2, 0) is 12.0 Å². The van der Waals surface area contributed by atoms with E-state index in [1.165, 1.54) is 17.7 Å². The van der Waals surface area contributed by atoms with E-state index in [0.29, 0.717) is 6.54 Å². The summed E-state index contributed by atoms with van der Waals surface area (Å²) in [5, 5.41) is 3.35. The van der Waals surface area contributed by atoms with Crippen LogP contribution in [0.1, 0.15) is 31.9 Å². The van der Waals surface area contributed by atoms with Crippen LogP contribution < -0.4 is 5.32 Å². The molecular weight excluding hydrogens is 317 g/mol. The van der Waals surface area contributed by atoms with Gasteiger partial charge in [-0.2, -0.15) is 0 Å². The average molecular weight is 336 g/mol. The molecule has 0 aromatic heterocycles. The number of nitrogens with one attached hydrogen (secondary N) is 1. The van der Waals surface area contributed by atoms with E-state index in [1.807, 2.05) is 0 Å². The summed E-state index contributed by atoms with van der Waals surface area (Å²) >= 11 is 3.38. The van der Waals surface area contributed by atoms with Crippen molar-refractivity contribution in [3.05, 3.63) is 63.9 Å². The minimum absolute atomic E-state index is 0.165. The molecule has 0 spiro atoms. The molecule has 2 aromatic rings. The number of anilines is 1. The molecule has 0 aliphatic heterocycles. The maximum absolute atomic E-state index is 13.0. The fourth-order valence-corrected chi connectivity index (χ4v) is 2.44. The molecule has 0 fully saturated rings. The van der Waals surface area contributed by atoms with E-state index in [9.17, 15) is 4.39 Å². The van der Waals surface area contributed by atoms with Gasteiger partial charge in [0.1, 0.15) is 5.82 Å². The third-order valence-electron chi connectivity index (χ3n) is 3.25. The lowest BCUT2D eigenvalue weighted by atomic mass is 9.87. The molecule has 0 bridgehead atoms. The normalized spacial score (nSPS) is 11.4. The molecule has 0 aliphatic carbocycles. The molecule has 0 radical (unpaired) electrons. The van der Waals surface area contributed by atoms with Crippen molar-refractivity contribution in [3.8, 4) is 0 Å².